The molecule has 0 amide bonds. The number of aliphatic hydroxyl groups excluding tert-OH is 1. The van der Waals surface area contributed by atoms with Crippen LogP contribution in [0.3, 0.4) is 0 Å². The van der Waals surface area contributed by atoms with Crippen LogP contribution in [-0.2, 0) is 0 Å². The molecule has 0 aromatic heterocycles. The van der Waals surface area contributed by atoms with Gasteiger partial charge in [-0.2, -0.15) is 0 Å². The van der Waals surface area contributed by atoms with Gasteiger partial charge in [-0.25, -0.2) is 0 Å². The van der Waals surface area contributed by atoms with Crippen molar-refractivity contribution in [3.8, 4) is 0 Å². The predicted octanol–water partition coefficient (Wildman–Crippen LogP) is 3.71. The van der Waals surface area contributed by atoms with Crippen molar-refractivity contribution in [1.82, 2.24) is 0 Å². The fourth-order valence-corrected chi connectivity index (χ4v) is 2.49. The molecule has 0 fully saturated rings. The third-order valence-corrected chi connectivity index (χ3v) is 3.17. The Balaban J connectivity index is 4.60. The van der Waals surface area contributed by atoms with E-state index in [2.05, 4.69) is 41.5 Å². The summed E-state index contributed by atoms with van der Waals surface area (Å²) < 4.78 is 0. The molecule has 0 atom stereocenters. The Hall–Kier alpha value is -0.0400. The molecular weight excluding hydrogens is 172 g/mol. The van der Waals surface area contributed by atoms with E-state index < -0.39 is 0 Å². The van der Waals surface area contributed by atoms with Crippen molar-refractivity contribution in [1.29, 1.82) is 0 Å². The second-order valence-electron chi connectivity index (χ2n) is 5.87. The van der Waals surface area contributed by atoms with Crippen LogP contribution in [0.4, 0.5) is 0 Å². The van der Waals surface area contributed by atoms with Crippen LogP contribution in [-0.4, -0.2) is 11.7 Å². The highest BCUT2D eigenvalue weighted by Gasteiger charge is 2.34. The van der Waals surface area contributed by atoms with Crippen molar-refractivity contribution in [2.75, 3.05) is 6.61 Å². The summed E-state index contributed by atoms with van der Waals surface area (Å²) in [6.45, 7) is 13.8. The SMILES string of the molecule is CC(C)CC(CO)(CC(C)C)C(C)C. The molecular formula is C13H28O. The lowest BCUT2D eigenvalue weighted by atomic mass is 9.68. The minimum atomic E-state index is 0.141. The van der Waals surface area contributed by atoms with Gasteiger partial charge in [0.1, 0.15) is 0 Å². The van der Waals surface area contributed by atoms with Crippen molar-refractivity contribution in [3.63, 3.8) is 0 Å². The number of rotatable bonds is 6. The average Bonchev–Trinajstić information content (AvgIpc) is 2.00. The lowest BCUT2D eigenvalue weighted by Crippen LogP contribution is -2.34. The van der Waals surface area contributed by atoms with Gasteiger partial charge in [-0.15, -0.1) is 0 Å². The Labute approximate surface area is 89.9 Å². The van der Waals surface area contributed by atoms with Gasteiger partial charge in [-0.05, 0) is 36.0 Å². The molecule has 0 saturated heterocycles. The van der Waals surface area contributed by atoms with Gasteiger partial charge in [0.2, 0.25) is 0 Å². The summed E-state index contributed by atoms with van der Waals surface area (Å²) in [7, 11) is 0. The van der Waals surface area contributed by atoms with Gasteiger partial charge in [-0.3, -0.25) is 0 Å². The molecule has 14 heavy (non-hydrogen) atoms. The largest absolute Gasteiger partial charge is 0.396 e. The van der Waals surface area contributed by atoms with E-state index in [4.69, 9.17) is 0 Å². The Bertz CT molecular complexity index is 137. The third kappa shape index (κ3) is 4.00. The normalized spacial score (nSPS) is 13.3. The molecule has 0 aliphatic rings. The smallest absolute Gasteiger partial charge is 0.0490 e. The molecule has 0 spiro atoms. The summed E-state index contributed by atoms with van der Waals surface area (Å²) in [5.74, 6) is 1.91. The lowest BCUT2D eigenvalue weighted by Gasteiger charge is -2.39. The van der Waals surface area contributed by atoms with Gasteiger partial charge in [0.25, 0.3) is 0 Å². The van der Waals surface area contributed by atoms with Crippen LogP contribution in [0.25, 0.3) is 0 Å². The van der Waals surface area contributed by atoms with Crippen molar-refractivity contribution in [2.24, 2.45) is 23.2 Å². The maximum absolute atomic E-state index is 9.64. The number of hydrogen-bond donors (Lipinski definition) is 1. The summed E-state index contributed by atoms with van der Waals surface area (Å²) in [6, 6.07) is 0. The van der Waals surface area contributed by atoms with E-state index in [1.807, 2.05) is 0 Å². The van der Waals surface area contributed by atoms with E-state index in [1.165, 1.54) is 0 Å². The highest BCUT2D eigenvalue weighted by atomic mass is 16.3. The van der Waals surface area contributed by atoms with E-state index in [-0.39, 0.29) is 5.41 Å². The Morgan fingerprint density at radius 1 is 0.857 bits per heavy atom. The lowest BCUT2D eigenvalue weighted by molar-refractivity contribution is 0.0335. The molecule has 0 bridgehead atoms. The zero-order chi connectivity index (χ0) is 11.4. The van der Waals surface area contributed by atoms with Crippen molar-refractivity contribution < 1.29 is 5.11 Å². The van der Waals surface area contributed by atoms with Crippen LogP contribution in [0.5, 0.6) is 0 Å². The average molecular weight is 200 g/mol. The monoisotopic (exact) mass is 200 g/mol. The van der Waals surface area contributed by atoms with Crippen LogP contribution < -0.4 is 0 Å². The van der Waals surface area contributed by atoms with Gasteiger partial charge in [0.05, 0.1) is 0 Å². The van der Waals surface area contributed by atoms with Crippen LogP contribution in [0.2, 0.25) is 0 Å². The topological polar surface area (TPSA) is 20.2 Å². The third-order valence-electron chi connectivity index (χ3n) is 3.17. The molecule has 0 aromatic rings. The van der Waals surface area contributed by atoms with Gasteiger partial charge >= 0.3 is 0 Å². The molecule has 1 nitrogen and oxygen atoms in total. The summed E-state index contributed by atoms with van der Waals surface area (Å²) >= 11 is 0. The Kier molecular flexibility index (Phi) is 5.73. The molecule has 0 heterocycles. The van der Waals surface area contributed by atoms with Crippen molar-refractivity contribution in [3.05, 3.63) is 0 Å². The first kappa shape index (κ1) is 14.0. The second-order valence-corrected chi connectivity index (χ2v) is 5.87. The zero-order valence-electron chi connectivity index (χ0n) is 10.8. The van der Waals surface area contributed by atoms with Crippen LogP contribution in [0, 0.1) is 23.2 Å². The highest BCUT2D eigenvalue weighted by molar-refractivity contribution is 4.83. The molecule has 1 N–H and O–H groups in total. The van der Waals surface area contributed by atoms with Gasteiger partial charge < -0.3 is 5.11 Å². The maximum atomic E-state index is 9.64. The van der Waals surface area contributed by atoms with Crippen LogP contribution >= 0.6 is 0 Å². The number of aliphatic hydroxyl groups is 1. The van der Waals surface area contributed by atoms with E-state index in [0.717, 1.165) is 12.8 Å². The minimum absolute atomic E-state index is 0.141. The molecule has 0 saturated carbocycles. The zero-order valence-corrected chi connectivity index (χ0v) is 10.8. The van der Waals surface area contributed by atoms with E-state index >= 15 is 0 Å². The summed E-state index contributed by atoms with van der Waals surface area (Å²) in [4.78, 5) is 0. The maximum Gasteiger partial charge on any atom is 0.0490 e. The molecule has 0 aliphatic carbocycles. The summed E-state index contributed by atoms with van der Waals surface area (Å²) in [5.41, 5.74) is 0.141. The number of hydrogen-bond acceptors (Lipinski definition) is 1. The first-order valence-corrected chi connectivity index (χ1v) is 5.95. The fourth-order valence-electron chi connectivity index (χ4n) is 2.49. The van der Waals surface area contributed by atoms with Crippen LogP contribution in [0.1, 0.15) is 54.4 Å². The first-order valence-electron chi connectivity index (χ1n) is 5.95. The Morgan fingerprint density at radius 3 is 1.36 bits per heavy atom. The standard InChI is InChI=1S/C13H28O/c1-10(2)7-13(9-14,12(5)6)8-11(3)4/h10-12,14H,7-9H2,1-6H3. The summed E-state index contributed by atoms with van der Waals surface area (Å²) in [5, 5.41) is 9.64. The molecule has 0 aromatic carbocycles. The summed E-state index contributed by atoms with van der Waals surface area (Å²) in [6.07, 6.45) is 2.28. The fraction of sp³-hybridized carbons (Fsp3) is 1.00. The molecule has 0 aliphatic heterocycles. The molecule has 0 radical (unpaired) electrons. The van der Waals surface area contributed by atoms with E-state index in [0.29, 0.717) is 24.4 Å². The highest BCUT2D eigenvalue weighted by Crippen LogP contribution is 2.40. The van der Waals surface area contributed by atoms with Gasteiger partial charge in [0, 0.05) is 6.61 Å². The second kappa shape index (κ2) is 5.75. The van der Waals surface area contributed by atoms with Crippen LogP contribution in [0.15, 0.2) is 0 Å². The van der Waals surface area contributed by atoms with Crippen molar-refractivity contribution in [2.45, 2.75) is 54.4 Å². The van der Waals surface area contributed by atoms with Gasteiger partial charge in [-0.1, -0.05) is 41.5 Å². The van der Waals surface area contributed by atoms with E-state index in [1.54, 1.807) is 0 Å². The Morgan fingerprint density at radius 2 is 1.21 bits per heavy atom. The van der Waals surface area contributed by atoms with E-state index in [9.17, 15) is 5.11 Å². The van der Waals surface area contributed by atoms with Gasteiger partial charge in [0.15, 0.2) is 0 Å². The molecule has 86 valence electrons. The first-order chi connectivity index (χ1) is 6.34. The molecule has 0 rings (SSSR count). The quantitative estimate of drug-likeness (QED) is 0.693. The predicted molar refractivity (Wildman–Crippen MR) is 63.3 cm³/mol. The van der Waals surface area contributed by atoms with Crippen molar-refractivity contribution >= 4 is 0 Å². The molecule has 0 unspecified atom stereocenters. The minimum Gasteiger partial charge on any atom is -0.396 e. The molecule has 1 heteroatoms.